The SMILES string of the molecule is Cc1nc(-n2cnn(Cc3ccc(C(F)(F)F)cc3)c2=O)sc1C(=O)NCc1cnn(C)c1. The lowest BCUT2D eigenvalue weighted by Crippen LogP contribution is -2.24. The van der Waals surface area contributed by atoms with Gasteiger partial charge < -0.3 is 5.32 Å². The zero-order valence-electron chi connectivity index (χ0n) is 17.5. The number of hydrogen-bond acceptors (Lipinski definition) is 6. The van der Waals surface area contributed by atoms with Crippen molar-refractivity contribution in [2.45, 2.75) is 26.2 Å². The maximum absolute atomic E-state index is 12.7. The zero-order chi connectivity index (χ0) is 23.8. The third kappa shape index (κ3) is 4.87. The van der Waals surface area contributed by atoms with E-state index in [1.165, 1.54) is 23.0 Å². The minimum absolute atomic E-state index is 0.00716. The van der Waals surface area contributed by atoms with Gasteiger partial charge in [-0.15, -0.1) is 0 Å². The summed E-state index contributed by atoms with van der Waals surface area (Å²) in [5.41, 5.74) is 0.499. The monoisotopic (exact) mass is 477 g/mol. The molecule has 13 heteroatoms. The number of aromatic nitrogens is 6. The van der Waals surface area contributed by atoms with E-state index in [4.69, 9.17) is 0 Å². The number of benzene rings is 1. The molecule has 0 bridgehead atoms. The van der Waals surface area contributed by atoms with E-state index in [0.29, 0.717) is 22.7 Å². The Bertz CT molecular complexity index is 1350. The van der Waals surface area contributed by atoms with Gasteiger partial charge in [-0.3, -0.25) is 9.48 Å². The summed E-state index contributed by atoms with van der Waals surface area (Å²) >= 11 is 1.04. The Labute approximate surface area is 189 Å². The number of aryl methyl sites for hydroxylation is 2. The molecule has 1 aromatic carbocycles. The molecule has 9 nitrogen and oxygen atoms in total. The standard InChI is InChI=1S/C20H18F3N7O2S/c1-12-16(17(31)24-7-14-8-25-28(2)9-14)33-18(27-12)29-11-26-30(19(29)32)10-13-3-5-15(6-4-13)20(21,22)23/h3-6,8-9,11H,7,10H2,1-2H3,(H,24,31). The molecular weight excluding hydrogens is 459 g/mol. The van der Waals surface area contributed by atoms with Gasteiger partial charge in [-0.2, -0.15) is 23.4 Å². The van der Waals surface area contributed by atoms with Crippen LogP contribution in [-0.2, 0) is 26.3 Å². The van der Waals surface area contributed by atoms with E-state index in [0.717, 1.165) is 33.7 Å². The van der Waals surface area contributed by atoms with Crippen LogP contribution in [0.5, 0.6) is 0 Å². The maximum atomic E-state index is 12.7. The number of carbonyl (C=O) groups excluding carboxylic acids is 1. The molecule has 0 aliphatic rings. The van der Waals surface area contributed by atoms with Gasteiger partial charge in [0.1, 0.15) is 11.2 Å². The van der Waals surface area contributed by atoms with Crippen LogP contribution in [0.15, 0.2) is 47.8 Å². The molecule has 0 atom stereocenters. The smallest absolute Gasteiger partial charge is 0.347 e. The normalized spacial score (nSPS) is 11.7. The van der Waals surface area contributed by atoms with Gasteiger partial charge >= 0.3 is 11.9 Å². The fourth-order valence-corrected chi connectivity index (χ4v) is 4.02. The van der Waals surface area contributed by atoms with Gasteiger partial charge in [-0.05, 0) is 24.6 Å². The number of nitrogens with one attached hydrogen (secondary N) is 1. The molecule has 0 spiro atoms. The molecule has 33 heavy (non-hydrogen) atoms. The highest BCUT2D eigenvalue weighted by Gasteiger charge is 2.30. The lowest BCUT2D eigenvalue weighted by Gasteiger charge is -2.07. The van der Waals surface area contributed by atoms with Crippen LogP contribution < -0.4 is 11.0 Å². The first kappa shape index (κ1) is 22.5. The number of nitrogens with zero attached hydrogens (tertiary/aromatic N) is 6. The number of amides is 1. The Kier molecular flexibility index (Phi) is 5.89. The van der Waals surface area contributed by atoms with Crippen molar-refractivity contribution in [2.24, 2.45) is 7.05 Å². The Morgan fingerprint density at radius 1 is 1.15 bits per heavy atom. The van der Waals surface area contributed by atoms with Crippen LogP contribution in [0.4, 0.5) is 13.2 Å². The lowest BCUT2D eigenvalue weighted by molar-refractivity contribution is -0.137. The molecule has 172 valence electrons. The van der Waals surface area contributed by atoms with Gasteiger partial charge in [0.2, 0.25) is 0 Å². The van der Waals surface area contributed by atoms with Crippen molar-refractivity contribution in [1.29, 1.82) is 0 Å². The topological polar surface area (TPSA) is 99.6 Å². The average Bonchev–Trinajstić information content (AvgIpc) is 3.45. The summed E-state index contributed by atoms with van der Waals surface area (Å²) in [7, 11) is 1.78. The van der Waals surface area contributed by atoms with E-state index in [1.807, 2.05) is 0 Å². The first-order valence-corrected chi connectivity index (χ1v) is 10.5. The van der Waals surface area contributed by atoms with Crippen molar-refractivity contribution in [1.82, 2.24) is 34.4 Å². The van der Waals surface area contributed by atoms with Gasteiger partial charge in [0, 0.05) is 25.4 Å². The second-order valence-corrected chi connectivity index (χ2v) is 8.23. The predicted octanol–water partition coefficient (Wildman–Crippen LogP) is 2.53. The van der Waals surface area contributed by atoms with Gasteiger partial charge in [0.05, 0.1) is 24.0 Å². The van der Waals surface area contributed by atoms with Crippen LogP contribution in [0, 0.1) is 6.92 Å². The molecule has 4 rings (SSSR count). The number of thiazole rings is 1. The van der Waals surface area contributed by atoms with Crippen LogP contribution in [0.25, 0.3) is 5.13 Å². The highest BCUT2D eigenvalue weighted by molar-refractivity contribution is 7.16. The second-order valence-electron chi connectivity index (χ2n) is 7.25. The molecule has 0 fully saturated rings. The Morgan fingerprint density at radius 2 is 1.88 bits per heavy atom. The molecule has 0 aliphatic carbocycles. The number of rotatable bonds is 6. The summed E-state index contributed by atoms with van der Waals surface area (Å²) in [6.45, 7) is 1.95. The van der Waals surface area contributed by atoms with Crippen molar-refractivity contribution in [3.8, 4) is 5.13 Å². The molecule has 4 aromatic rings. The maximum Gasteiger partial charge on any atom is 0.416 e. The third-order valence-corrected chi connectivity index (χ3v) is 5.91. The summed E-state index contributed by atoms with van der Waals surface area (Å²) in [4.78, 5) is 30.0. The van der Waals surface area contributed by atoms with E-state index in [-0.39, 0.29) is 17.6 Å². The van der Waals surface area contributed by atoms with Gasteiger partial charge in [0.25, 0.3) is 5.91 Å². The summed E-state index contributed by atoms with van der Waals surface area (Å²) in [5.74, 6) is -0.328. The van der Waals surface area contributed by atoms with E-state index >= 15 is 0 Å². The van der Waals surface area contributed by atoms with Gasteiger partial charge in [-0.1, -0.05) is 23.5 Å². The fourth-order valence-electron chi connectivity index (χ4n) is 3.07. The Morgan fingerprint density at radius 3 is 2.52 bits per heavy atom. The fraction of sp³-hybridized carbons (Fsp3) is 0.250. The van der Waals surface area contributed by atoms with Gasteiger partial charge in [-0.25, -0.2) is 19.0 Å². The number of carbonyl (C=O) groups is 1. The molecule has 0 saturated carbocycles. The minimum Gasteiger partial charge on any atom is -0.347 e. The molecule has 0 unspecified atom stereocenters. The third-order valence-electron chi connectivity index (χ3n) is 4.76. The molecule has 3 heterocycles. The van der Waals surface area contributed by atoms with Crippen LogP contribution in [0.2, 0.25) is 0 Å². The number of halogens is 3. The second kappa shape index (κ2) is 8.65. The summed E-state index contributed by atoms with van der Waals surface area (Å²) < 4.78 is 42.1. The molecular formula is C20H18F3N7O2S. The molecule has 1 N–H and O–H groups in total. The van der Waals surface area contributed by atoms with Gasteiger partial charge in [0.15, 0.2) is 5.13 Å². The summed E-state index contributed by atoms with van der Waals surface area (Å²) in [5, 5.41) is 11.1. The zero-order valence-corrected chi connectivity index (χ0v) is 18.3. The molecule has 3 aromatic heterocycles. The summed E-state index contributed by atoms with van der Waals surface area (Å²) in [6.07, 6.45) is 0.273. The van der Waals surface area contributed by atoms with Crippen molar-refractivity contribution in [2.75, 3.05) is 0 Å². The number of hydrogen-bond donors (Lipinski definition) is 1. The minimum atomic E-state index is -4.43. The molecule has 1 amide bonds. The Hall–Kier alpha value is -3.74. The first-order chi connectivity index (χ1) is 15.6. The Balaban J connectivity index is 1.49. The predicted molar refractivity (Wildman–Crippen MR) is 113 cm³/mol. The van der Waals surface area contributed by atoms with E-state index < -0.39 is 17.4 Å². The largest absolute Gasteiger partial charge is 0.416 e. The van der Waals surface area contributed by atoms with Crippen molar-refractivity contribution in [3.05, 3.63) is 80.7 Å². The summed E-state index contributed by atoms with van der Waals surface area (Å²) in [6, 6.07) is 4.51. The van der Waals surface area contributed by atoms with Crippen LogP contribution in [-0.4, -0.2) is 35.0 Å². The van der Waals surface area contributed by atoms with Crippen molar-refractivity contribution in [3.63, 3.8) is 0 Å². The highest BCUT2D eigenvalue weighted by Crippen LogP contribution is 2.29. The van der Waals surface area contributed by atoms with Crippen LogP contribution in [0.1, 0.15) is 32.1 Å². The van der Waals surface area contributed by atoms with Crippen LogP contribution >= 0.6 is 11.3 Å². The number of alkyl halides is 3. The van der Waals surface area contributed by atoms with Crippen molar-refractivity contribution < 1.29 is 18.0 Å². The highest BCUT2D eigenvalue weighted by atomic mass is 32.1. The van der Waals surface area contributed by atoms with E-state index in [1.54, 1.807) is 31.0 Å². The average molecular weight is 477 g/mol. The molecule has 0 aliphatic heterocycles. The van der Waals surface area contributed by atoms with E-state index in [9.17, 15) is 22.8 Å². The quantitative estimate of drug-likeness (QED) is 0.460. The molecule has 0 saturated heterocycles. The van der Waals surface area contributed by atoms with Crippen LogP contribution in [0.3, 0.4) is 0 Å². The first-order valence-electron chi connectivity index (χ1n) is 9.66. The van der Waals surface area contributed by atoms with Crippen molar-refractivity contribution >= 4 is 17.2 Å². The molecule has 0 radical (unpaired) electrons. The lowest BCUT2D eigenvalue weighted by atomic mass is 10.1. The van der Waals surface area contributed by atoms with E-state index in [2.05, 4.69) is 20.5 Å².